The smallest absolute Gasteiger partial charge is 0.338 e. The van der Waals surface area contributed by atoms with Gasteiger partial charge in [0.2, 0.25) is 11.8 Å². The number of ether oxygens (including phenoxy) is 2. The summed E-state index contributed by atoms with van der Waals surface area (Å²) < 4.78 is 10.2. The molecule has 2 amide bonds. The van der Waals surface area contributed by atoms with Crippen molar-refractivity contribution in [2.45, 2.75) is 19.3 Å². The number of methoxy groups -OCH3 is 1. The highest BCUT2D eigenvalue weighted by Gasteiger charge is 2.61. The summed E-state index contributed by atoms with van der Waals surface area (Å²) in [5.74, 6) is -0.420. The maximum absolute atomic E-state index is 12.9. The van der Waals surface area contributed by atoms with E-state index in [0.717, 1.165) is 19.3 Å². The predicted octanol–water partition coefficient (Wildman–Crippen LogP) is 3.27. The molecule has 32 heavy (non-hydrogen) atoms. The molecule has 1 aliphatic heterocycles. The molecule has 2 aromatic rings. The van der Waals surface area contributed by atoms with Crippen molar-refractivity contribution in [1.29, 1.82) is 0 Å². The van der Waals surface area contributed by atoms with E-state index < -0.39 is 12.6 Å². The number of fused-ring (bicyclic) bond motifs is 5. The predicted molar refractivity (Wildman–Crippen MR) is 114 cm³/mol. The van der Waals surface area contributed by atoms with Gasteiger partial charge >= 0.3 is 5.97 Å². The van der Waals surface area contributed by atoms with Crippen molar-refractivity contribution in [2.75, 3.05) is 18.6 Å². The number of esters is 1. The van der Waals surface area contributed by atoms with Crippen molar-refractivity contribution in [1.82, 2.24) is 0 Å². The van der Waals surface area contributed by atoms with E-state index >= 15 is 0 Å². The average Bonchev–Trinajstić information content (AvgIpc) is 3.51. The number of hydrogen-bond acceptors (Lipinski definition) is 6. The molecule has 5 rings (SSSR count). The number of carbonyl (C=O) groups is 4. The highest BCUT2D eigenvalue weighted by atomic mass is 16.5. The van der Waals surface area contributed by atoms with Gasteiger partial charge in [-0.2, -0.15) is 0 Å². The zero-order chi connectivity index (χ0) is 22.4. The number of imide groups is 1. The van der Waals surface area contributed by atoms with Crippen LogP contribution in [0.2, 0.25) is 0 Å². The van der Waals surface area contributed by atoms with Gasteiger partial charge in [0.25, 0.3) is 0 Å². The normalized spacial score (nSPS) is 25.7. The van der Waals surface area contributed by atoms with Gasteiger partial charge in [0.05, 0.1) is 30.2 Å². The largest absolute Gasteiger partial charge is 0.497 e. The van der Waals surface area contributed by atoms with Gasteiger partial charge in [0.15, 0.2) is 12.4 Å². The molecule has 2 aromatic carbocycles. The van der Waals surface area contributed by atoms with Crippen LogP contribution in [0.1, 0.15) is 40.0 Å². The number of hydrogen-bond donors (Lipinski definition) is 0. The summed E-state index contributed by atoms with van der Waals surface area (Å²) in [6.07, 6.45) is 3.04. The Bertz CT molecular complexity index is 1080. The molecule has 0 spiro atoms. The zero-order valence-corrected chi connectivity index (χ0v) is 17.7. The fourth-order valence-electron chi connectivity index (χ4n) is 5.50. The maximum atomic E-state index is 12.9. The fourth-order valence-corrected chi connectivity index (χ4v) is 5.50. The molecular weight excluding hydrogens is 410 g/mol. The van der Waals surface area contributed by atoms with E-state index in [-0.39, 0.29) is 35.0 Å². The minimum absolute atomic E-state index is 0.119. The number of amides is 2. The fraction of sp³-hybridized carbons (Fsp3) is 0.360. The van der Waals surface area contributed by atoms with Crippen molar-refractivity contribution in [2.24, 2.45) is 23.7 Å². The minimum Gasteiger partial charge on any atom is -0.497 e. The van der Waals surface area contributed by atoms with E-state index in [9.17, 15) is 19.2 Å². The number of rotatable bonds is 6. The molecule has 7 heteroatoms. The highest BCUT2D eigenvalue weighted by molar-refractivity contribution is 6.22. The molecule has 3 aliphatic rings. The third-order valence-electron chi connectivity index (χ3n) is 7.01. The number of benzene rings is 2. The molecule has 164 valence electrons. The van der Waals surface area contributed by atoms with E-state index in [4.69, 9.17) is 9.47 Å². The van der Waals surface area contributed by atoms with Gasteiger partial charge in [-0.15, -0.1) is 0 Å². The molecule has 1 saturated heterocycles. The van der Waals surface area contributed by atoms with Crippen LogP contribution in [0.5, 0.6) is 5.75 Å². The van der Waals surface area contributed by atoms with Gasteiger partial charge in [0, 0.05) is 5.56 Å². The molecule has 0 unspecified atom stereocenters. The molecule has 2 bridgehead atoms. The standard InChI is InChI=1S/C25H23NO6/c1-31-19-4-2-3-15(12-19)20(27)13-32-25(30)14-7-9-18(10-8-14)26-23(28)21-16-5-6-17(11-16)22(21)24(26)29/h2-4,7-10,12,16-17,21-22H,5-6,11,13H2,1H3/t16-,17-,21-,22+/m0/s1. The number of anilines is 1. The summed E-state index contributed by atoms with van der Waals surface area (Å²) in [5.41, 5.74) is 1.10. The SMILES string of the molecule is COc1cccc(C(=O)COC(=O)c2ccc(N3C(=O)[C@@H]4[C@H]5CC[C@@H](C5)[C@@H]4C3=O)cc2)c1. The lowest BCUT2D eigenvalue weighted by molar-refractivity contribution is -0.123. The van der Waals surface area contributed by atoms with Crippen molar-refractivity contribution >= 4 is 29.3 Å². The van der Waals surface area contributed by atoms with Crippen LogP contribution in [-0.4, -0.2) is 37.3 Å². The van der Waals surface area contributed by atoms with Crippen molar-refractivity contribution in [3.63, 3.8) is 0 Å². The molecule has 2 aliphatic carbocycles. The molecule has 3 fully saturated rings. The third-order valence-corrected chi connectivity index (χ3v) is 7.01. The Kier molecular flexibility index (Phi) is 5.04. The van der Waals surface area contributed by atoms with Crippen LogP contribution < -0.4 is 9.64 Å². The summed E-state index contributed by atoms with van der Waals surface area (Å²) in [4.78, 5) is 51.8. The first-order valence-corrected chi connectivity index (χ1v) is 10.8. The molecule has 0 aromatic heterocycles. The number of Topliss-reactive ketones (excluding diaryl/α,β-unsaturated/α-hetero) is 1. The Morgan fingerprint density at radius 3 is 2.22 bits per heavy atom. The summed E-state index contributed by atoms with van der Waals surface area (Å²) in [6, 6.07) is 12.8. The van der Waals surface area contributed by atoms with Gasteiger partial charge in [-0.1, -0.05) is 12.1 Å². The average molecular weight is 433 g/mol. The van der Waals surface area contributed by atoms with Gasteiger partial charge in [0.1, 0.15) is 5.75 Å². The summed E-state index contributed by atoms with van der Waals surface area (Å²) in [5, 5.41) is 0. The topological polar surface area (TPSA) is 90.0 Å². The van der Waals surface area contributed by atoms with Gasteiger partial charge in [-0.25, -0.2) is 4.79 Å². The molecule has 0 N–H and O–H groups in total. The van der Waals surface area contributed by atoms with E-state index in [1.54, 1.807) is 36.4 Å². The Balaban J connectivity index is 1.24. The molecular formula is C25H23NO6. The lowest BCUT2D eigenvalue weighted by atomic mass is 9.81. The monoisotopic (exact) mass is 433 g/mol. The molecule has 4 atom stereocenters. The molecule has 1 heterocycles. The van der Waals surface area contributed by atoms with E-state index in [2.05, 4.69) is 0 Å². The maximum Gasteiger partial charge on any atom is 0.338 e. The highest BCUT2D eigenvalue weighted by Crippen LogP contribution is 2.56. The zero-order valence-electron chi connectivity index (χ0n) is 17.7. The van der Waals surface area contributed by atoms with E-state index in [1.807, 2.05) is 0 Å². The van der Waals surface area contributed by atoms with E-state index in [0.29, 0.717) is 28.8 Å². The van der Waals surface area contributed by atoms with Crippen molar-refractivity contribution in [3.05, 3.63) is 59.7 Å². The lowest BCUT2D eigenvalue weighted by Crippen LogP contribution is -2.32. The molecule has 2 saturated carbocycles. The Morgan fingerprint density at radius 1 is 0.938 bits per heavy atom. The lowest BCUT2D eigenvalue weighted by Gasteiger charge is -2.19. The van der Waals surface area contributed by atoms with Crippen LogP contribution >= 0.6 is 0 Å². The number of ketones is 1. The second-order valence-electron chi connectivity index (χ2n) is 8.67. The quantitative estimate of drug-likeness (QED) is 0.395. The number of carbonyl (C=O) groups excluding carboxylic acids is 4. The first-order chi connectivity index (χ1) is 15.5. The van der Waals surface area contributed by atoms with Crippen LogP contribution in [0, 0.1) is 23.7 Å². The minimum atomic E-state index is -0.651. The number of nitrogens with zero attached hydrogens (tertiary/aromatic N) is 1. The van der Waals surface area contributed by atoms with Crippen LogP contribution in [0.15, 0.2) is 48.5 Å². The van der Waals surface area contributed by atoms with Crippen molar-refractivity contribution < 1.29 is 28.7 Å². The molecule has 7 nitrogen and oxygen atoms in total. The summed E-state index contributed by atoms with van der Waals surface area (Å²) in [7, 11) is 1.51. The summed E-state index contributed by atoms with van der Waals surface area (Å²) in [6.45, 7) is -0.400. The Labute approximate surface area is 185 Å². The van der Waals surface area contributed by atoms with Gasteiger partial charge in [-0.3, -0.25) is 19.3 Å². The first kappa shape index (κ1) is 20.4. The van der Waals surface area contributed by atoms with E-state index in [1.165, 1.54) is 24.1 Å². The molecule has 0 radical (unpaired) electrons. The second-order valence-corrected chi connectivity index (χ2v) is 8.67. The van der Waals surface area contributed by atoms with Crippen LogP contribution in [0.3, 0.4) is 0 Å². The van der Waals surface area contributed by atoms with Gasteiger partial charge in [-0.05, 0) is 67.5 Å². The van der Waals surface area contributed by atoms with Crippen molar-refractivity contribution in [3.8, 4) is 5.75 Å². The first-order valence-electron chi connectivity index (χ1n) is 10.8. The van der Waals surface area contributed by atoms with Crippen LogP contribution in [-0.2, 0) is 14.3 Å². The Hall–Kier alpha value is -3.48. The Morgan fingerprint density at radius 2 is 1.59 bits per heavy atom. The van der Waals surface area contributed by atoms with Gasteiger partial charge < -0.3 is 9.47 Å². The van der Waals surface area contributed by atoms with Crippen LogP contribution in [0.4, 0.5) is 5.69 Å². The third kappa shape index (κ3) is 3.28. The second kappa shape index (κ2) is 7.89. The summed E-state index contributed by atoms with van der Waals surface area (Å²) >= 11 is 0. The van der Waals surface area contributed by atoms with Crippen LogP contribution in [0.25, 0.3) is 0 Å².